The van der Waals surface area contributed by atoms with Gasteiger partial charge >= 0.3 is 0 Å². The molecule has 5 N–H and O–H groups in total. The van der Waals surface area contributed by atoms with Gasteiger partial charge in [-0.05, 0) is 24.6 Å². The molecule has 0 saturated heterocycles. The summed E-state index contributed by atoms with van der Waals surface area (Å²) in [4.78, 5) is 15.8. The summed E-state index contributed by atoms with van der Waals surface area (Å²) in [5.74, 6) is -0.162. The molecule has 0 fully saturated rings. The van der Waals surface area contributed by atoms with Crippen LogP contribution in [-0.4, -0.2) is 22.0 Å². The van der Waals surface area contributed by atoms with Crippen molar-refractivity contribution in [2.75, 3.05) is 18.0 Å². The zero-order chi connectivity index (χ0) is 15.7. The van der Waals surface area contributed by atoms with E-state index < -0.39 is 0 Å². The van der Waals surface area contributed by atoms with Crippen molar-refractivity contribution in [2.24, 2.45) is 0 Å². The molecule has 0 spiro atoms. The standard InChI is InChI=1S/C13H17N5O.C2H6/c14-11-6-10(7-12(15)8-11)13(19)17-2-1-4-18-5-3-16-9-18;1-2/h3,5-9H,1-2,4,14-15H2,(H,17,19);1-2H3. The van der Waals surface area contributed by atoms with Crippen LogP contribution in [0.2, 0.25) is 0 Å². The van der Waals surface area contributed by atoms with Gasteiger partial charge in [-0.3, -0.25) is 4.79 Å². The number of rotatable bonds is 5. The van der Waals surface area contributed by atoms with Gasteiger partial charge in [0.1, 0.15) is 0 Å². The number of anilines is 2. The zero-order valence-corrected chi connectivity index (χ0v) is 12.5. The molecule has 1 aromatic carbocycles. The van der Waals surface area contributed by atoms with Crippen molar-refractivity contribution in [3.05, 3.63) is 42.5 Å². The molecule has 0 aliphatic heterocycles. The molecule has 1 heterocycles. The van der Waals surface area contributed by atoms with E-state index in [1.165, 1.54) is 0 Å². The number of nitrogens with two attached hydrogens (primary N) is 2. The van der Waals surface area contributed by atoms with E-state index in [4.69, 9.17) is 11.5 Å². The summed E-state index contributed by atoms with van der Waals surface area (Å²) in [7, 11) is 0. The molecule has 0 radical (unpaired) electrons. The monoisotopic (exact) mass is 289 g/mol. The Labute approximate surface area is 125 Å². The first-order valence-corrected chi connectivity index (χ1v) is 7.05. The Bertz CT molecular complexity index is 531. The number of nitrogen functional groups attached to an aromatic ring is 2. The highest BCUT2D eigenvalue weighted by atomic mass is 16.1. The lowest BCUT2D eigenvalue weighted by molar-refractivity contribution is 0.0953. The molecule has 1 amide bonds. The second kappa shape index (κ2) is 8.63. The third-order valence-corrected chi connectivity index (χ3v) is 2.68. The maximum atomic E-state index is 11.9. The number of carbonyl (C=O) groups is 1. The van der Waals surface area contributed by atoms with Gasteiger partial charge in [-0.2, -0.15) is 0 Å². The van der Waals surface area contributed by atoms with Crippen LogP contribution < -0.4 is 16.8 Å². The first-order chi connectivity index (χ1) is 10.1. The number of nitrogens with one attached hydrogen (secondary N) is 1. The summed E-state index contributed by atoms with van der Waals surface area (Å²) in [5, 5.41) is 2.83. The molecular formula is C15H23N5O. The van der Waals surface area contributed by atoms with Crippen molar-refractivity contribution in [2.45, 2.75) is 26.8 Å². The number of aryl methyl sites for hydroxylation is 1. The first kappa shape index (κ1) is 16.6. The number of nitrogens with zero attached hydrogens (tertiary/aromatic N) is 2. The molecule has 0 bridgehead atoms. The molecule has 6 heteroatoms. The summed E-state index contributed by atoms with van der Waals surface area (Å²) in [6, 6.07) is 4.85. The van der Waals surface area contributed by atoms with Crippen molar-refractivity contribution in [3.8, 4) is 0 Å². The number of hydrogen-bond acceptors (Lipinski definition) is 4. The van der Waals surface area contributed by atoms with E-state index >= 15 is 0 Å². The summed E-state index contributed by atoms with van der Waals surface area (Å²) in [5.41, 5.74) is 12.8. The Hall–Kier alpha value is -2.50. The molecule has 0 atom stereocenters. The fourth-order valence-corrected chi connectivity index (χ4v) is 1.79. The average Bonchev–Trinajstić information content (AvgIpc) is 2.98. The van der Waals surface area contributed by atoms with Gasteiger partial charge in [0.05, 0.1) is 6.33 Å². The van der Waals surface area contributed by atoms with Crippen LogP contribution >= 0.6 is 0 Å². The lowest BCUT2D eigenvalue weighted by Crippen LogP contribution is -2.25. The smallest absolute Gasteiger partial charge is 0.251 e. The zero-order valence-electron chi connectivity index (χ0n) is 12.5. The van der Waals surface area contributed by atoms with Crippen molar-refractivity contribution in [1.82, 2.24) is 14.9 Å². The Kier molecular flexibility index (Phi) is 6.80. The van der Waals surface area contributed by atoms with Crippen molar-refractivity contribution in [1.29, 1.82) is 0 Å². The Balaban J connectivity index is 0.00000106. The summed E-state index contributed by atoms with van der Waals surface area (Å²) in [6.07, 6.45) is 6.20. The minimum absolute atomic E-state index is 0.162. The molecule has 2 rings (SSSR count). The van der Waals surface area contributed by atoms with Crippen LogP contribution in [0.4, 0.5) is 11.4 Å². The number of amides is 1. The summed E-state index contributed by atoms with van der Waals surface area (Å²) >= 11 is 0. The summed E-state index contributed by atoms with van der Waals surface area (Å²) in [6.45, 7) is 5.41. The summed E-state index contributed by atoms with van der Waals surface area (Å²) < 4.78 is 1.96. The van der Waals surface area contributed by atoms with E-state index in [0.29, 0.717) is 23.5 Å². The minimum atomic E-state index is -0.162. The largest absolute Gasteiger partial charge is 0.399 e. The highest BCUT2D eigenvalue weighted by Gasteiger charge is 2.06. The van der Waals surface area contributed by atoms with E-state index in [2.05, 4.69) is 10.3 Å². The molecule has 1 aromatic heterocycles. The van der Waals surface area contributed by atoms with Crippen LogP contribution in [0.15, 0.2) is 36.9 Å². The predicted octanol–water partition coefficient (Wildman–Crippen LogP) is 1.89. The molecule has 114 valence electrons. The predicted molar refractivity (Wildman–Crippen MR) is 85.8 cm³/mol. The fraction of sp³-hybridized carbons (Fsp3) is 0.333. The number of aromatic nitrogens is 2. The molecular weight excluding hydrogens is 266 g/mol. The molecule has 6 nitrogen and oxygen atoms in total. The molecule has 0 saturated carbocycles. The lowest BCUT2D eigenvalue weighted by atomic mass is 10.1. The average molecular weight is 289 g/mol. The van der Waals surface area contributed by atoms with E-state index in [0.717, 1.165) is 13.0 Å². The first-order valence-electron chi connectivity index (χ1n) is 7.05. The third-order valence-electron chi connectivity index (χ3n) is 2.68. The minimum Gasteiger partial charge on any atom is -0.399 e. The Morgan fingerprint density at radius 3 is 2.48 bits per heavy atom. The van der Waals surface area contributed by atoms with Gasteiger partial charge in [0, 0.05) is 42.4 Å². The SMILES string of the molecule is CC.Nc1cc(N)cc(C(=O)NCCCn2ccnc2)c1. The van der Waals surface area contributed by atoms with Gasteiger partial charge in [0.25, 0.3) is 5.91 Å². The van der Waals surface area contributed by atoms with Crippen LogP contribution in [0.5, 0.6) is 0 Å². The number of imidazole rings is 1. The van der Waals surface area contributed by atoms with Crippen molar-refractivity contribution < 1.29 is 4.79 Å². The van der Waals surface area contributed by atoms with Gasteiger partial charge in [-0.25, -0.2) is 4.98 Å². The van der Waals surface area contributed by atoms with Crippen LogP contribution in [0, 0.1) is 0 Å². The van der Waals surface area contributed by atoms with Crippen LogP contribution in [-0.2, 0) is 6.54 Å². The normalized spacial score (nSPS) is 9.62. The maximum Gasteiger partial charge on any atom is 0.251 e. The molecule has 0 aliphatic carbocycles. The highest BCUT2D eigenvalue weighted by Crippen LogP contribution is 2.13. The lowest BCUT2D eigenvalue weighted by Gasteiger charge is -2.07. The second-order valence-corrected chi connectivity index (χ2v) is 4.30. The van der Waals surface area contributed by atoms with Crippen molar-refractivity contribution >= 4 is 17.3 Å². The third kappa shape index (κ3) is 5.56. The van der Waals surface area contributed by atoms with Crippen LogP contribution in [0.25, 0.3) is 0 Å². The number of benzene rings is 1. The van der Waals surface area contributed by atoms with E-state index in [1.54, 1.807) is 30.7 Å². The number of carbonyl (C=O) groups excluding carboxylic acids is 1. The Morgan fingerprint density at radius 2 is 1.90 bits per heavy atom. The maximum absolute atomic E-state index is 11.9. The quantitative estimate of drug-likeness (QED) is 0.578. The fourth-order valence-electron chi connectivity index (χ4n) is 1.79. The molecule has 2 aromatic rings. The van der Waals surface area contributed by atoms with Crippen LogP contribution in [0.1, 0.15) is 30.6 Å². The second-order valence-electron chi connectivity index (χ2n) is 4.30. The van der Waals surface area contributed by atoms with Gasteiger partial charge in [0.2, 0.25) is 0 Å². The molecule has 0 unspecified atom stereocenters. The van der Waals surface area contributed by atoms with Gasteiger partial charge < -0.3 is 21.4 Å². The van der Waals surface area contributed by atoms with Crippen LogP contribution in [0.3, 0.4) is 0 Å². The number of hydrogen-bond donors (Lipinski definition) is 3. The van der Waals surface area contributed by atoms with E-state index in [1.807, 2.05) is 24.6 Å². The van der Waals surface area contributed by atoms with Gasteiger partial charge in [-0.1, -0.05) is 13.8 Å². The van der Waals surface area contributed by atoms with E-state index in [9.17, 15) is 4.79 Å². The topological polar surface area (TPSA) is 99.0 Å². The molecule has 21 heavy (non-hydrogen) atoms. The van der Waals surface area contributed by atoms with E-state index in [-0.39, 0.29) is 5.91 Å². The van der Waals surface area contributed by atoms with Crippen molar-refractivity contribution in [3.63, 3.8) is 0 Å². The Morgan fingerprint density at radius 1 is 1.24 bits per heavy atom. The van der Waals surface area contributed by atoms with Gasteiger partial charge in [-0.15, -0.1) is 0 Å². The van der Waals surface area contributed by atoms with Gasteiger partial charge in [0.15, 0.2) is 0 Å². The molecule has 0 aliphatic rings. The highest BCUT2D eigenvalue weighted by molar-refractivity contribution is 5.96.